The Morgan fingerprint density at radius 2 is 1.89 bits per heavy atom. The van der Waals surface area contributed by atoms with Gasteiger partial charge in [0.25, 0.3) is 0 Å². The fourth-order valence-corrected chi connectivity index (χ4v) is 2.79. The number of allylic oxidation sites excluding steroid dienone is 2. The second-order valence-corrected chi connectivity index (χ2v) is 5.32. The van der Waals surface area contributed by atoms with Crippen molar-refractivity contribution >= 4 is 21.7 Å². The van der Waals surface area contributed by atoms with Gasteiger partial charge in [0.1, 0.15) is 0 Å². The van der Waals surface area contributed by atoms with Gasteiger partial charge in [-0.3, -0.25) is 9.48 Å². The van der Waals surface area contributed by atoms with Crippen molar-refractivity contribution in [1.82, 2.24) is 9.78 Å². The fraction of sp³-hybridized carbons (Fsp3) is 0.600. The van der Waals surface area contributed by atoms with Gasteiger partial charge in [0.15, 0.2) is 5.78 Å². The summed E-state index contributed by atoms with van der Waals surface area (Å²) in [5.41, 5.74) is 3.23. The van der Waals surface area contributed by atoms with Crippen molar-refractivity contribution in [3.05, 3.63) is 27.5 Å². The number of carbonyl (C=O) groups is 1. The van der Waals surface area contributed by atoms with E-state index in [0.717, 1.165) is 41.7 Å². The van der Waals surface area contributed by atoms with Crippen LogP contribution in [0, 0.1) is 0 Å². The normalized spacial score (nSPS) is 10.6. The zero-order valence-corrected chi connectivity index (χ0v) is 13.9. The van der Waals surface area contributed by atoms with Crippen molar-refractivity contribution in [1.29, 1.82) is 0 Å². The van der Waals surface area contributed by atoms with Crippen LogP contribution in [0.1, 0.15) is 51.9 Å². The first-order chi connectivity index (χ1) is 9.07. The van der Waals surface area contributed by atoms with E-state index in [1.165, 1.54) is 5.57 Å². The van der Waals surface area contributed by atoms with Crippen LogP contribution in [0.25, 0.3) is 0 Å². The van der Waals surface area contributed by atoms with Crippen LogP contribution >= 0.6 is 15.9 Å². The number of hydrogen-bond donors (Lipinski definition) is 0. The number of aromatic nitrogens is 2. The highest BCUT2D eigenvalue weighted by Crippen LogP contribution is 2.23. The first-order valence-corrected chi connectivity index (χ1v) is 7.82. The average molecular weight is 327 g/mol. The number of hydrogen-bond acceptors (Lipinski definition) is 2. The lowest BCUT2D eigenvalue weighted by atomic mass is 10.1. The zero-order valence-electron chi connectivity index (χ0n) is 12.3. The monoisotopic (exact) mass is 326 g/mol. The number of ketones is 1. The molecule has 0 amide bonds. The Hall–Kier alpha value is -0.900. The van der Waals surface area contributed by atoms with Gasteiger partial charge in [0, 0.05) is 6.54 Å². The van der Waals surface area contributed by atoms with E-state index in [9.17, 15) is 4.79 Å². The predicted molar refractivity (Wildman–Crippen MR) is 82.4 cm³/mol. The van der Waals surface area contributed by atoms with E-state index in [1.807, 2.05) is 11.6 Å². The molecule has 1 heterocycles. The summed E-state index contributed by atoms with van der Waals surface area (Å²) in [4.78, 5) is 12.1. The van der Waals surface area contributed by atoms with Crippen molar-refractivity contribution in [3.8, 4) is 0 Å². The van der Waals surface area contributed by atoms with Gasteiger partial charge in [-0.1, -0.05) is 26.3 Å². The summed E-state index contributed by atoms with van der Waals surface area (Å²) in [7, 11) is 0. The van der Waals surface area contributed by atoms with Crippen molar-refractivity contribution in [2.24, 2.45) is 0 Å². The largest absolute Gasteiger partial charge is 0.294 e. The van der Waals surface area contributed by atoms with Crippen LogP contribution in [-0.2, 0) is 24.2 Å². The number of aryl methyl sites for hydroxylation is 2. The smallest absolute Gasteiger partial charge is 0.161 e. The first kappa shape index (κ1) is 16.2. The second kappa shape index (κ2) is 7.63. The Morgan fingerprint density at radius 3 is 2.37 bits per heavy atom. The van der Waals surface area contributed by atoms with E-state index in [0.29, 0.717) is 6.42 Å². The van der Waals surface area contributed by atoms with Crippen molar-refractivity contribution < 1.29 is 4.79 Å². The summed E-state index contributed by atoms with van der Waals surface area (Å²) < 4.78 is 2.92. The molecule has 1 aromatic heterocycles. The van der Waals surface area contributed by atoms with Gasteiger partial charge in [-0.05, 0) is 48.2 Å². The van der Waals surface area contributed by atoms with E-state index in [4.69, 9.17) is 0 Å². The molecular formula is C15H23BrN2O. The molecule has 0 aliphatic rings. The molecule has 0 aliphatic carbocycles. The third-order valence-electron chi connectivity index (χ3n) is 3.31. The Labute approximate surface area is 124 Å². The van der Waals surface area contributed by atoms with E-state index >= 15 is 0 Å². The molecule has 0 bridgehead atoms. The van der Waals surface area contributed by atoms with Crippen LogP contribution in [0.5, 0.6) is 0 Å². The molecule has 0 saturated carbocycles. The van der Waals surface area contributed by atoms with Crippen molar-refractivity contribution in [3.63, 3.8) is 0 Å². The number of carbonyl (C=O) groups excluding carboxylic acids is 1. The molecule has 19 heavy (non-hydrogen) atoms. The molecule has 4 heteroatoms. The minimum atomic E-state index is 0.164. The molecule has 0 radical (unpaired) electrons. The highest BCUT2D eigenvalue weighted by molar-refractivity contribution is 9.10. The average Bonchev–Trinajstić information content (AvgIpc) is 2.72. The second-order valence-electron chi connectivity index (χ2n) is 4.53. The SMILES string of the molecule is CCC(=CC(=O)Cc1c(Br)c(CC)nn1CC)CC. The molecule has 0 atom stereocenters. The topological polar surface area (TPSA) is 34.9 Å². The van der Waals surface area contributed by atoms with Gasteiger partial charge in [0.05, 0.1) is 22.3 Å². The lowest BCUT2D eigenvalue weighted by Gasteiger charge is -2.04. The van der Waals surface area contributed by atoms with Crippen LogP contribution < -0.4 is 0 Å². The Balaban J connectivity index is 2.96. The molecule has 0 spiro atoms. The van der Waals surface area contributed by atoms with Crippen molar-refractivity contribution in [2.75, 3.05) is 0 Å². The molecule has 3 nitrogen and oxygen atoms in total. The molecule has 1 rings (SSSR count). The molecule has 0 fully saturated rings. The van der Waals surface area contributed by atoms with E-state index in [2.05, 4.69) is 41.8 Å². The van der Waals surface area contributed by atoms with Gasteiger partial charge in [-0.15, -0.1) is 0 Å². The van der Waals surface area contributed by atoms with Crippen LogP contribution in [0.4, 0.5) is 0 Å². The van der Waals surface area contributed by atoms with Gasteiger partial charge in [-0.2, -0.15) is 5.10 Å². The summed E-state index contributed by atoms with van der Waals surface area (Å²) >= 11 is 3.58. The van der Waals surface area contributed by atoms with Gasteiger partial charge in [0.2, 0.25) is 0 Å². The Morgan fingerprint density at radius 1 is 1.26 bits per heavy atom. The van der Waals surface area contributed by atoms with Crippen molar-refractivity contribution in [2.45, 2.75) is 59.9 Å². The van der Waals surface area contributed by atoms with Crippen LogP contribution in [0.2, 0.25) is 0 Å². The van der Waals surface area contributed by atoms with E-state index in [-0.39, 0.29) is 5.78 Å². The molecule has 0 unspecified atom stereocenters. The van der Waals surface area contributed by atoms with E-state index < -0.39 is 0 Å². The van der Waals surface area contributed by atoms with Crippen LogP contribution in [0.15, 0.2) is 16.1 Å². The minimum Gasteiger partial charge on any atom is -0.294 e. The maximum atomic E-state index is 12.1. The summed E-state index contributed by atoms with van der Waals surface area (Å²) in [5.74, 6) is 0.164. The summed E-state index contributed by atoms with van der Waals surface area (Å²) in [6, 6.07) is 0. The third-order valence-corrected chi connectivity index (χ3v) is 4.22. The lowest BCUT2D eigenvalue weighted by Crippen LogP contribution is -2.08. The number of halogens is 1. The Kier molecular flexibility index (Phi) is 6.49. The molecule has 1 aromatic rings. The zero-order chi connectivity index (χ0) is 14.4. The molecule has 0 saturated heterocycles. The fourth-order valence-electron chi connectivity index (χ4n) is 2.08. The highest BCUT2D eigenvalue weighted by Gasteiger charge is 2.16. The summed E-state index contributed by atoms with van der Waals surface area (Å²) in [5, 5.41) is 4.52. The van der Waals surface area contributed by atoms with Gasteiger partial charge in [-0.25, -0.2) is 0 Å². The van der Waals surface area contributed by atoms with Gasteiger partial charge >= 0.3 is 0 Å². The first-order valence-electron chi connectivity index (χ1n) is 7.03. The van der Waals surface area contributed by atoms with Gasteiger partial charge < -0.3 is 0 Å². The molecular weight excluding hydrogens is 304 g/mol. The molecule has 106 valence electrons. The predicted octanol–water partition coefficient (Wildman–Crippen LogP) is 4.09. The maximum Gasteiger partial charge on any atom is 0.161 e. The minimum absolute atomic E-state index is 0.164. The summed E-state index contributed by atoms with van der Waals surface area (Å²) in [6.45, 7) is 9.09. The molecule has 0 aromatic carbocycles. The highest BCUT2D eigenvalue weighted by atomic mass is 79.9. The number of rotatable bonds is 7. The molecule has 0 aliphatic heterocycles. The maximum absolute atomic E-state index is 12.1. The molecule has 0 N–H and O–H groups in total. The quantitative estimate of drug-likeness (QED) is 0.707. The summed E-state index contributed by atoms with van der Waals surface area (Å²) in [6.07, 6.45) is 4.98. The number of nitrogens with zero attached hydrogens (tertiary/aromatic N) is 2. The third kappa shape index (κ3) is 4.03. The Bertz CT molecular complexity index is 469. The van der Waals surface area contributed by atoms with Crippen LogP contribution in [-0.4, -0.2) is 15.6 Å². The lowest BCUT2D eigenvalue weighted by molar-refractivity contribution is -0.114. The van der Waals surface area contributed by atoms with E-state index in [1.54, 1.807) is 6.08 Å². The van der Waals surface area contributed by atoms with Crippen LogP contribution in [0.3, 0.4) is 0 Å². The standard InChI is InChI=1S/C15H23BrN2O/c1-5-11(6-2)9-12(19)10-14-15(16)13(7-3)17-18(14)8-4/h9H,5-8,10H2,1-4H3.